The number of anilines is 2. The van der Waals surface area contributed by atoms with E-state index in [1.54, 1.807) is 42.5 Å². The predicted octanol–water partition coefficient (Wildman–Crippen LogP) is 5.41. The lowest BCUT2D eigenvalue weighted by Gasteiger charge is -2.11. The number of rotatable bonds is 6. The monoisotopic (exact) mass is 450 g/mol. The van der Waals surface area contributed by atoms with Gasteiger partial charge in [-0.2, -0.15) is 0 Å². The van der Waals surface area contributed by atoms with Gasteiger partial charge < -0.3 is 10.1 Å². The molecule has 0 aliphatic carbocycles. The Morgan fingerprint density at radius 3 is 2.28 bits per heavy atom. The fourth-order valence-corrected chi connectivity index (χ4v) is 3.37. The van der Waals surface area contributed by atoms with E-state index in [0.29, 0.717) is 22.2 Å². The number of ether oxygens (including phenoxy) is 1. The maximum absolute atomic E-state index is 12.5. The highest BCUT2D eigenvalue weighted by Crippen LogP contribution is 2.29. The standard InChI is InChI=1S/C20H16Cl2N2O4S/c1-29(26,27)24-18-12-13(6-11-16(18)21)20(25)23-14-7-9-15(10-8-14)28-19-5-3-2-4-17(19)22/h2-12,24H,1H3,(H,23,25). The molecule has 3 rings (SSSR count). The summed E-state index contributed by atoms with van der Waals surface area (Å²) in [5.41, 5.74) is 0.913. The molecule has 0 saturated heterocycles. The Morgan fingerprint density at radius 2 is 1.62 bits per heavy atom. The average Bonchev–Trinajstić information content (AvgIpc) is 2.66. The molecule has 1 amide bonds. The van der Waals surface area contributed by atoms with Gasteiger partial charge in [-0.1, -0.05) is 35.3 Å². The fraction of sp³-hybridized carbons (Fsp3) is 0.0500. The van der Waals surface area contributed by atoms with E-state index < -0.39 is 15.9 Å². The Balaban J connectivity index is 1.71. The van der Waals surface area contributed by atoms with Crippen LogP contribution in [0.1, 0.15) is 10.4 Å². The van der Waals surface area contributed by atoms with Crippen molar-refractivity contribution in [3.63, 3.8) is 0 Å². The van der Waals surface area contributed by atoms with Crippen molar-refractivity contribution in [3.05, 3.63) is 82.3 Å². The molecule has 0 unspecified atom stereocenters. The minimum atomic E-state index is -3.52. The smallest absolute Gasteiger partial charge is 0.255 e. The lowest BCUT2D eigenvalue weighted by atomic mass is 10.2. The van der Waals surface area contributed by atoms with Crippen LogP contribution < -0.4 is 14.8 Å². The van der Waals surface area contributed by atoms with Gasteiger partial charge in [0.05, 0.1) is 22.0 Å². The number of carbonyl (C=O) groups is 1. The maximum atomic E-state index is 12.5. The lowest BCUT2D eigenvalue weighted by Crippen LogP contribution is -2.14. The summed E-state index contributed by atoms with van der Waals surface area (Å²) >= 11 is 12.1. The summed E-state index contributed by atoms with van der Waals surface area (Å²) in [5.74, 6) is 0.665. The van der Waals surface area contributed by atoms with Crippen molar-refractivity contribution < 1.29 is 17.9 Å². The van der Waals surface area contributed by atoms with Gasteiger partial charge in [-0.25, -0.2) is 8.42 Å². The Morgan fingerprint density at radius 1 is 0.931 bits per heavy atom. The second kappa shape index (κ2) is 8.73. The Bertz CT molecular complexity index is 1150. The SMILES string of the molecule is CS(=O)(=O)Nc1cc(C(=O)Nc2ccc(Oc3ccccc3Cl)cc2)ccc1Cl. The number of hydrogen-bond acceptors (Lipinski definition) is 4. The molecule has 0 saturated carbocycles. The van der Waals surface area contributed by atoms with E-state index in [1.165, 1.54) is 18.2 Å². The third-order valence-corrected chi connectivity index (χ3v) is 4.93. The Labute approximate surface area is 178 Å². The molecule has 150 valence electrons. The molecule has 3 aromatic carbocycles. The van der Waals surface area contributed by atoms with Gasteiger partial charge in [-0.3, -0.25) is 9.52 Å². The quantitative estimate of drug-likeness (QED) is 0.525. The number of carbonyl (C=O) groups excluding carboxylic acids is 1. The Hall–Kier alpha value is -2.74. The van der Waals surface area contributed by atoms with Crippen LogP contribution in [0.15, 0.2) is 66.7 Å². The van der Waals surface area contributed by atoms with Crippen molar-refractivity contribution in [1.29, 1.82) is 0 Å². The van der Waals surface area contributed by atoms with Crippen molar-refractivity contribution >= 4 is 50.5 Å². The van der Waals surface area contributed by atoms with Crippen LogP contribution in [0, 0.1) is 0 Å². The van der Waals surface area contributed by atoms with Gasteiger partial charge in [-0.05, 0) is 54.6 Å². The van der Waals surface area contributed by atoms with Crippen molar-refractivity contribution in [2.24, 2.45) is 0 Å². The number of halogens is 2. The molecule has 0 bridgehead atoms. The number of nitrogens with one attached hydrogen (secondary N) is 2. The summed E-state index contributed by atoms with van der Waals surface area (Å²) in [6, 6.07) is 18.2. The third kappa shape index (κ3) is 5.87. The van der Waals surface area contributed by atoms with Crippen LogP contribution in [0.25, 0.3) is 0 Å². The predicted molar refractivity (Wildman–Crippen MR) is 116 cm³/mol. The molecule has 0 fully saturated rings. The largest absolute Gasteiger partial charge is 0.456 e. The molecule has 6 nitrogen and oxygen atoms in total. The van der Waals surface area contributed by atoms with Crippen molar-refractivity contribution in [3.8, 4) is 11.5 Å². The van der Waals surface area contributed by atoms with Crippen LogP contribution in [0.5, 0.6) is 11.5 Å². The van der Waals surface area contributed by atoms with Gasteiger partial charge in [0.2, 0.25) is 10.0 Å². The normalized spacial score (nSPS) is 11.0. The molecule has 0 aliphatic rings. The first-order valence-corrected chi connectivity index (χ1v) is 11.0. The van der Waals surface area contributed by atoms with Crippen molar-refractivity contribution in [2.45, 2.75) is 0 Å². The number of benzene rings is 3. The molecular weight excluding hydrogens is 435 g/mol. The molecule has 0 aliphatic heterocycles. The maximum Gasteiger partial charge on any atom is 0.255 e. The van der Waals surface area contributed by atoms with E-state index in [2.05, 4.69) is 10.0 Å². The Kier molecular flexibility index (Phi) is 6.32. The molecule has 0 spiro atoms. The third-order valence-electron chi connectivity index (χ3n) is 3.70. The van der Waals surface area contributed by atoms with Crippen molar-refractivity contribution in [1.82, 2.24) is 0 Å². The number of sulfonamides is 1. The van der Waals surface area contributed by atoms with E-state index in [4.69, 9.17) is 27.9 Å². The van der Waals surface area contributed by atoms with E-state index in [1.807, 2.05) is 6.07 Å². The minimum absolute atomic E-state index is 0.130. The van der Waals surface area contributed by atoms with E-state index in [-0.39, 0.29) is 16.3 Å². The zero-order valence-corrected chi connectivity index (χ0v) is 17.5. The molecule has 9 heteroatoms. The van der Waals surface area contributed by atoms with Crippen LogP contribution in [0.2, 0.25) is 10.0 Å². The van der Waals surface area contributed by atoms with Gasteiger partial charge in [0.15, 0.2) is 0 Å². The second-order valence-corrected chi connectivity index (χ2v) is 8.64. The van der Waals surface area contributed by atoms with E-state index in [0.717, 1.165) is 6.26 Å². The number of hydrogen-bond donors (Lipinski definition) is 2. The molecule has 3 aromatic rings. The van der Waals surface area contributed by atoms with Crippen LogP contribution in [-0.2, 0) is 10.0 Å². The first-order chi connectivity index (χ1) is 13.7. The number of amides is 1. The van der Waals surface area contributed by atoms with Crippen LogP contribution >= 0.6 is 23.2 Å². The average molecular weight is 451 g/mol. The zero-order valence-electron chi connectivity index (χ0n) is 15.1. The fourth-order valence-electron chi connectivity index (χ4n) is 2.41. The highest BCUT2D eigenvalue weighted by molar-refractivity contribution is 7.92. The zero-order chi connectivity index (χ0) is 21.0. The summed E-state index contributed by atoms with van der Waals surface area (Å²) < 4.78 is 30.8. The van der Waals surface area contributed by atoms with E-state index >= 15 is 0 Å². The summed E-state index contributed by atoms with van der Waals surface area (Å²) in [4.78, 5) is 12.5. The lowest BCUT2D eigenvalue weighted by molar-refractivity contribution is 0.102. The van der Waals surface area contributed by atoms with Gasteiger partial charge in [0, 0.05) is 11.3 Å². The van der Waals surface area contributed by atoms with Gasteiger partial charge >= 0.3 is 0 Å². The molecule has 0 atom stereocenters. The summed E-state index contributed by atoms with van der Waals surface area (Å²) in [6.07, 6.45) is 1.00. The van der Waals surface area contributed by atoms with Crippen LogP contribution in [0.3, 0.4) is 0 Å². The van der Waals surface area contributed by atoms with E-state index in [9.17, 15) is 13.2 Å². The number of para-hydroxylation sites is 1. The summed E-state index contributed by atoms with van der Waals surface area (Å²) in [7, 11) is -3.52. The minimum Gasteiger partial charge on any atom is -0.456 e. The molecule has 0 heterocycles. The van der Waals surface area contributed by atoms with Crippen LogP contribution in [0.4, 0.5) is 11.4 Å². The first kappa shape index (κ1) is 21.0. The molecule has 2 N–H and O–H groups in total. The van der Waals surface area contributed by atoms with Gasteiger partial charge in [-0.15, -0.1) is 0 Å². The highest BCUT2D eigenvalue weighted by atomic mass is 35.5. The van der Waals surface area contributed by atoms with Crippen molar-refractivity contribution in [2.75, 3.05) is 16.3 Å². The van der Waals surface area contributed by atoms with Gasteiger partial charge in [0.1, 0.15) is 11.5 Å². The molecule has 0 aromatic heterocycles. The molecular formula is C20H16Cl2N2O4S. The van der Waals surface area contributed by atoms with Gasteiger partial charge in [0.25, 0.3) is 5.91 Å². The molecule has 0 radical (unpaired) electrons. The highest BCUT2D eigenvalue weighted by Gasteiger charge is 2.12. The first-order valence-electron chi connectivity index (χ1n) is 8.32. The molecule has 29 heavy (non-hydrogen) atoms. The summed E-state index contributed by atoms with van der Waals surface area (Å²) in [5, 5.41) is 3.41. The second-order valence-electron chi connectivity index (χ2n) is 6.08. The summed E-state index contributed by atoms with van der Waals surface area (Å²) in [6.45, 7) is 0. The topological polar surface area (TPSA) is 84.5 Å². The van der Waals surface area contributed by atoms with Crippen LogP contribution in [-0.4, -0.2) is 20.6 Å².